The summed E-state index contributed by atoms with van der Waals surface area (Å²) in [6.07, 6.45) is 1.56. The summed E-state index contributed by atoms with van der Waals surface area (Å²) >= 11 is 1.73. The van der Waals surface area contributed by atoms with Gasteiger partial charge in [0.05, 0.1) is 17.2 Å². The average Bonchev–Trinajstić information content (AvgIpc) is 3.16. The highest BCUT2D eigenvalue weighted by atomic mass is 32.2. The van der Waals surface area contributed by atoms with Crippen molar-refractivity contribution in [3.05, 3.63) is 46.0 Å². The Kier molecular flexibility index (Phi) is 6.54. The van der Waals surface area contributed by atoms with E-state index >= 15 is 0 Å². The number of thioether (sulfide) groups is 1. The first-order chi connectivity index (χ1) is 11.1. The Bertz CT molecular complexity index is 626. The highest BCUT2D eigenvalue weighted by molar-refractivity contribution is 7.98. The molecule has 0 fully saturated rings. The number of furan rings is 1. The second-order valence-corrected chi connectivity index (χ2v) is 6.28. The van der Waals surface area contributed by atoms with E-state index in [-0.39, 0.29) is 5.69 Å². The maximum absolute atomic E-state index is 10.8. The molecule has 0 saturated carbocycles. The first kappa shape index (κ1) is 17.4. The van der Waals surface area contributed by atoms with E-state index in [4.69, 9.17) is 4.42 Å². The normalized spacial score (nSPS) is 11.1. The zero-order valence-electron chi connectivity index (χ0n) is 13.4. The van der Waals surface area contributed by atoms with Gasteiger partial charge in [-0.25, -0.2) is 0 Å². The standard InChI is InChI=1S/C15H22N4O3S/c1-3-18(2)10-12-4-5-13(22-12)11-23-9-8-17-15-14(19(20)21)6-7-16-15/h4-7,16-17H,3,8-11H2,1-2H3. The fourth-order valence-electron chi connectivity index (χ4n) is 2.04. The molecule has 2 rings (SSSR count). The predicted octanol–water partition coefficient (Wildman–Crippen LogP) is 3.31. The van der Waals surface area contributed by atoms with E-state index in [0.717, 1.165) is 36.1 Å². The van der Waals surface area contributed by atoms with Gasteiger partial charge in [-0.15, -0.1) is 0 Å². The van der Waals surface area contributed by atoms with Crippen molar-refractivity contribution in [1.82, 2.24) is 9.88 Å². The molecule has 0 spiro atoms. The van der Waals surface area contributed by atoms with Crippen molar-refractivity contribution in [2.45, 2.75) is 19.2 Å². The molecular weight excluding hydrogens is 316 g/mol. The number of hydrogen-bond acceptors (Lipinski definition) is 6. The van der Waals surface area contributed by atoms with Crippen LogP contribution in [0.1, 0.15) is 18.4 Å². The molecule has 8 heteroatoms. The van der Waals surface area contributed by atoms with Crippen LogP contribution in [0.4, 0.5) is 11.5 Å². The molecule has 2 aromatic heterocycles. The van der Waals surface area contributed by atoms with Crippen molar-refractivity contribution in [1.29, 1.82) is 0 Å². The summed E-state index contributed by atoms with van der Waals surface area (Å²) in [4.78, 5) is 15.4. The van der Waals surface area contributed by atoms with Gasteiger partial charge in [0.15, 0.2) is 5.82 Å². The van der Waals surface area contributed by atoms with Crippen LogP contribution < -0.4 is 5.32 Å². The summed E-state index contributed by atoms with van der Waals surface area (Å²) in [7, 11) is 2.06. The molecule has 0 atom stereocenters. The Hall–Kier alpha value is -1.93. The van der Waals surface area contributed by atoms with Crippen LogP contribution in [-0.2, 0) is 12.3 Å². The van der Waals surface area contributed by atoms with Crippen molar-refractivity contribution in [2.75, 3.05) is 31.2 Å². The molecular formula is C15H22N4O3S. The molecule has 2 heterocycles. The first-order valence-corrected chi connectivity index (χ1v) is 8.65. The van der Waals surface area contributed by atoms with E-state index < -0.39 is 4.92 Å². The molecule has 0 aliphatic heterocycles. The van der Waals surface area contributed by atoms with E-state index in [9.17, 15) is 10.1 Å². The van der Waals surface area contributed by atoms with E-state index in [1.54, 1.807) is 18.0 Å². The van der Waals surface area contributed by atoms with Crippen LogP contribution in [0.2, 0.25) is 0 Å². The van der Waals surface area contributed by atoms with E-state index in [2.05, 4.69) is 29.2 Å². The molecule has 0 saturated heterocycles. The van der Waals surface area contributed by atoms with Crippen LogP contribution in [0.15, 0.2) is 28.8 Å². The molecule has 23 heavy (non-hydrogen) atoms. The number of nitrogens with one attached hydrogen (secondary N) is 2. The molecule has 0 aliphatic rings. The Labute approximate surface area is 139 Å². The maximum atomic E-state index is 10.8. The third kappa shape index (κ3) is 5.33. The summed E-state index contributed by atoms with van der Waals surface area (Å²) in [6.45, 7) is 4.57. The van der Waals surface area contributed by atoms with Crippen LogP contribution in [0.25, 0.3) is 0 Å². The highest BCUT2D eigenvalue weighted by Gasteiger charge is 2.13. The second-order valence-electron chi connectivity index (χ2n) is 5.17. The van der Waals surface area contributed by atoms with Gasteiger partial charge in [-0.2, -0.15) is 11.8 Å². The van der Waals surface area contributed by atoms with E-state index in [1.807, 2.05) is 12.1 Å². The summed E-state index contributed by atoms with van der Waals surface area (Å²) in [5, 5.41) is 13.8. The van der Waals surface area contributed by atoms with Crippen molar-refractivity contribution in [3.8, 4) is 0 Å². The smallest absolute Gasteiger partial charge is 0.310 e. The lowest BCUT2D eigenvalue weighted by Crippen LogP contribution is -2.16. The van der Waals surface area contributed by atoms with Gasteiger partial charge in [-0.05, 0) is 25.7 Å². The van der Waals surface area contributed by atoms with Crippen molar-refractivity contribution < 1.29 is 9.34 Å². The summed E-state index contributed by atoms with van der Waals surface area (Å²) in [5.74, 6) is 4.02. The van der Waals surface area contributed by atoms with Gasteiger partial charge in [-0.3, -0.25) is 15.0 Å². The van der Waals surface area contributed by atoms with Crippen LogP contribution >= 0.6 is 11.8 Å². The Morgan fingerprint density at radius 1 is 1.39 bits per heavy atom. The Morgan fingerprint density at radius 3 is 2.91 bits per heavy atom. The molecule has 2 aromatic rings. The van der Waals surface area contributed by atoms with E-state index in [1.165, 1.54) is 6.07 Å². The minimum atomic E-state index is -0.399. The fourth-order valence-corrected chi connectivity index (χ4v) is 2.79. The summed E-state index contributed by atoms with van der Waals surface area (Å²) in [6, 6.07) is 5.48. The lowest BCUT2D eigenvalue weighted by Gasteiger charge is -2.10. The molecule has 126 valence electrons. The average molecular weight is 338 g/mol. The minimum Gasteiger partial charge on any atom is -0.464 e. The van der Waals surface area contributed by atoms with Crippen molar-refractivity contribution >= 4 is 23.3 Å². The van der Waals surface area contributed by atoms with Gasteiger partial charge in [0.25, 0.3) is 0 Å². The lowest BCUT2D eigenvalue weighted by atomic mass is 10.4. The van der Waals surface area contributed by atoms with Gasteiger partial charge in [0.2, 0.25) is 0 Å². The van der Waals surface area contributed by atoms with Gasteiger partial charge in [0, 0.05) is 24.6 Å². The van der Waals surface area contributed by atoms with Crippen LogP contribution in [0.5, 0.6) is 0 Å². The molecule has 0 unspecified atom stereocenters. The zero-order chi connectivity index (χ0) is 16.7. The highest BCUT2D eigenvalue weighted by Crippen LogP contribution is 2.22. The molecule has 0 aliphatic carbocycles. The van der Waals surface area contributed by atoms with Gasteiger partial charge in [-0.1, -0.05) is 6.92 Å². The van der Waals surface area contributed by atoms with Crippen molar-refractivity contribution in [2.24, 2.45) is 0 Å². The lowest BCUT2D eigenvalue weighted by molar-refractivity contribution is -0.383. The number of nitrogens with zero attached hydrogens (tertiary/aromatic N) is 2. The van der Waals surface area contributed by atoms with Crippen LogP contribution in [-0.4, -0.2) is 40.7 Å². The molecule has 0 bridgehead atoms. The first-order valence-electron chi connectivity index (χ1n) is 7.49. The van der Waals surface area contributed by atoms with Gasteiger partial charge >= 0.3 is 5.69 Å². The molecule has 0 amide bonds. The van der Waals surface area contributed by atoms with Crippen LogP contribution in [0.3, 0.4) is 0 Å². The number of H-pyrrole nitrogens is 1. The quantitative estimate of drug-likeness (QED) is 0.392. The molecule has 2 N–H and O–H groups in total. The SMILES string of the molecule is CCN(C)Cc1ccc(CSCCNc2[nH]ccc2[N+](=O)[O-])o1. The summed E-state index contributed by atoms with van der Waals surface area (Å²) in [5.41, 5.74) is 0.0747. The largest absolute Gasteiger partial charge is 0.464 e. The molecule has 7 nitrogen and oxygen atoms in total. The number of aromatic amines is 1. The molecule has 0 aromatic carbocycles. The maximum Gasteiger partial charge on any atom is 0.310 e. The topological polar surface area (TPSA) is 87.3 Å². The van der Waals surface area contributed by atoms with Crippen LogP contribution in [0, 0.1) is 10.1 Å². The number of rotatable bonds is 10. The second kappa shape index (κ2) is 8.64. The van der Waals surface area contributed by atoms with Crippen molar-refractivity contribution in [3.63, 3.8) is 0 Å². The third-order valence-corrected chi connectivity index (χ3v) is 4.38. The predicted molar refractivity (Wildman–Crippen MR) is 92.8 cm³/mol. The minimum absolute atomic E-state index is 0.0747. The third-order valence-electron chi connectivity index (χ3n) is 3.40. The summed E-state index contributed by atoms with van der Waals surface area (Å²) < 4.78 is 5.78. The number of anilines is 1. The number of hydrogen-bond donors (Lipinski definition) is 2. The van der Waals surface area contributed by atoms with E-state index in [0.29, 0.717) is 12.4 Å². The number of aromatic nitrogens is 1. The Morgan fingerprint density at radius 2 is 2.17 bits per heavy atom. The molecule has 0 radical (unpaired) electrons. The van der Waals surface area contributed by atoms with Gasteiger partial charge in [0.1, 0.15) is 11.5 Å². The van der Waals surface area contributed by atoms with Gasteiger partial charge < -0.3 is 14.7 Å². The fraction of sp³-hybridized carbons (Fsp3) is 0.467. The number of nitro groups is 1. The zero-order valence-corrected chi connectivity index (χ0v) is 14.2. The monoisotopic (exact) mass is 338 g/mol. The Balaban J connectivity index is 1.67.